The first-order valence-electron chi connectivity index (χ1n) is 5.41. The second kappa shape index (κ2) is 5.76. The summed E-state index contributed by atoms with van der Waals surface area (Å²) in [4.78, 5) is 0. The topological polar surface area (TPSA) is 29.5 Å². The van der Waals surface area contributed by atoms with Crippen molar-refractivity contribution in [1.29, 1.82) is 0 Å². The molecule has 0 heterocycles. The number of benzene rings is 1. The summed E-state index contributed by atoms with van der Waals surface area (Å²) in [6.07, 6.45) is 1.96. The first kappa shape index (κ1) is 12.1. The van der Waals surface area contributed by atoms with Crippen LogP contribution in [0.3, 0.4) is 0 Å². The first-order valence-corrected chi connectivity index (χ1v) is 5.41. The van der Waals surface area contributed by atoms with Crippen LogP contribution >= 0.6 is 0 Å². The Balaban J connectivity index is 2.69. The molecule has 1 unspecified atom stereocenters. The molecule has 0 aliphatic carbocycles. The summed E-state index contributed by atoms with van der Waals surface area (Å²) in [5.74, 6) is 1.31. The summed E-state index contributed by atoms with van der Waals surface area (Å²) in [6.45, 7) is 4.40. The zero-order chi connectivity index (χ0) is 11.3. The van der Waals surface area contributed by atoms with Gasteiger partial charge in [-0.05, 0) is 37.3 Å². The smallest absolute Gasteiger partial charge is 0.122 e. The summed E-state index contributed by atoms with van der Waals surface area (Å²) < 4.78 is 5.30. The maximum Gasteiger partial charge on any atom is 0.122 e. The number of methoxy groups -OCH3 is 1. The average Bonchev–Trinajstić information content (AvgIpc) is 2.26. The molecule has 0 saturated carbocycles. The molecule has 0 aromatic heterocycles. The number of aryl methyl sites for hydroxylation is 2. The van der Waals surface area contributed by atoms with E-state index in [4.69, 9.17) is 9.84 Å². The van der Waals surface area contributed by atoms with Crippen LogP contribution in [0.4, 0.5) is 0 Å². The predicted molar refractivity (Wildman–Crippen MR) is 62.3 cm³/mol. The third kappa shape index (κ3) is 3.56. The number of ether oxygens (including phenoxy) is 1. The fourth-order valence-electron chi connectivity index (χ4n) is 1.60. The summed E-state index contributed by atoms with van der Waals surface area (Å²) >= 11 is 0. The van der Waals surface area contributed by atoms with E-state index in [1.165, 1.54) is 11.1 Å². The number of rotatable bonds is 5. The van der Waals surface area contributed by atoms with E-state index in [0.717, 1.165) is 18.6 Å². The molecule has 1 atom stereocenters. The standard InChI is InChI=1S/C13H20O2/c1-10-5-7-13(15-3)12(8-10)6-4-11(2)9-14/h5,7-8,11,14H,4,6,9H2,1-3H3. The van der Waals surface area contributed by atoms with Gasteiger partial charge in [0.25, 0.3) is 0 Å². The molecule has 0 spiro atoms. The van der Waals surface area contributed by atoms with Crippen LogP contribution in [0.1, 0.15) is 24.5 Å². The van der Waals surface area contributed by atoms with Crippen LogP contribution in [0.5, 0.6) is 5.75 Å². The van der Waals surface area contributed by atoms with Crippen molar-refractivity contribution in [1.82, 2.24) is 0 Å². The van der Waals surface area contributed by atoms with E-state index >= 15 is 0 Å². The van der Waals surface area contributed by atoms with Gasteiger partial charge >= 0.3 is 0 Å². The highest BCUT2D eigenvalue weighted by Crippen LogP contribution is 2.22. The molecule has 1 N–H and O–H groups in total. The normalized spacial score (nSPS) is 12.5. The quantitative estimate of drug-likeness (QED) is 0.806. The van der Waals surface area contributed by atoms with Gasteiger partial charge in [-0.3, -0.25) is 0 Å². The second-order valence-corrected chi connectivity index (χ2v) is 4.14. The molecule has 0 aliphatic rings. The highest BCUT2D eigenvalue weighted by molar-refractivity contribution is 5.36. The second-order valence-electron chi connectivity index (χ2n) is 4.14. The Morgan fingerprint density at radius 2 is 2.13 bits per heavy atom. The van der Waals surface area contributed by atoms with Crippen molar-refractivity contribution in [3.05, 3.63) is 29.3 Å². The van der Waals surface area contributed by atoms with Crippen molar-refractivity contribution < 1.29 is 9.84 Å². The first-order chi connectivity index (χ1) is 7.17. The third-order valence-electron chi connectivity index (χ3n) is 2.65. The molecule has 1 aromatic carbocycles. The lowest BCUT2D eigenvalue weighted by atomic mass is 10.00. The number of aliphatic hydroxyl groups is 1. The SMILES string of the molecule is COc1ccc(C)cc1CCC(C)CO. The van der Waals surface area contributed by atoms with Gasteiger partial charge in [-0.1, -0.05) is 24.6 Å². The van der Waals surface area contributed by atoms with Crippen LogP contribution in [0.25, 0.3) is 0 Å². The van der Waals surface area contributed by atoms with Gasteiger partial charge in [0.15, 0.2) is 0 Å². The molecule has 1 rings (SSSR count). The summed E-state index contributed by atoms with van der Waals surface area (Å²) in [6, 6.07) is 6.22. The highest BCUT2D eigenvalue weighted by atomic mass is 16.5. The third-order valence-corrected chi connectivity index (χ3v) is 2.65. The van der Waals surface area contributed by atoms with Gasteiger partial charge in [-0.25, -0.2) is 0 Å². The van der Waals surface area contributed by atoms with Crippen LogP contribution < -0.4 is 4.74 Å². The Morgan fingerprint density at radius 3 is 2.73 bits per heavy atom. The van der Waals surface area contributed by atoms with Crippen molar-refractivity contribution in [2.45, 2.75) is 26.7 Å². The minimum absolute atomic E-state index is 0.258. The molecule has 2 nitrogen and oxygen atoms in total. The Hall–Kier alpha value is -1.02. The van der Waals surface area contributed by atoms with E-state index in [1.54, 1.807) is 7.11 Å². The van der Waals surface area contributed by atoms with Crippen LogP contribution in [-0.4, -0.2) is 18.8 Å². The monoisotopic (exact) mass is 208 g/mol. The summed E-state index contributed by atoms with van der Waals surface area (Å²) in [5, 5.41) is 8.96. The van der Waals surface area contributed by atoms with E-state index in [2.05, 4.69) is 26.0 Å². The van der Waals surface area contributed by atoms with Gasteiger partial charge in [0.05, 0.1) is 7.11 Å². The van der Waals surface area contributed by atoms with Gasteiger partial charge in [-0.2, -0.15) is 0 Å². The lowest BCUT2D eigenvalue weighted by Crippen LogP contribution is -2.03. The molecule has 0 aliphatic heterocycles. The molecule has 0 fully saturated rings. The van der Waals surface area contributed by atoms with Gasteiger partial charge in [0.1, 0.15) is 5.75 Å². The molecule has 0 bridgehead atoms. The van der Waals surface area contributed by atoms with Crippen LogP contribution in [-0.2, 0) is 6.42 Å². The van der Waals surface area contributed by atoms with Crippen molar-refractivity contribution >= 4 is 0 Å². The average molecular weight is 208 g/mol. The Kier molecular flexibility index (Phi) is 4.63. The van der Waals surface area contributed by atoms with Gasteiger partial charge in [0.2, 0.25) is 0 Å². The number of hydrogen-bond acceptors (Lipinski definition) is 2. The van der Waals surface area contributed by atoms with Gasteiger partial charge in [-0.15, -0.1) is 0 Å². The molecule has 15 heavy (non-hydrogen) atoms. The Labute approximate surface area is 91.9 Å². The molecular formula is C13H20O2. The van der Waals surface area contributed by atoms with Crippen LogP contribution in [0, 0.1) is 12.8 Å². The van der Waals surface area contributed by atoms with Crippen molar-refractivity contribution in [2.24, 2.45) is 5.92 Å². The maximum absolute atomic E-state index is 8.96. The fraction of sp³-hybridized carbons (Fsp3) is 0.538. The van der Waals surface area contributed by atoms with Gasteiger partial charge in [0, 0.05) is 6.61 Å². The van der Waals surface area contributed by atoms with Crippen molar-refractivity contribution in [3.63, 3.8) is 0 Å². The highest BCUT2D eigenvalue weighted by Gasteiger charge is 2.06. The molecule has 84 valence electrons. The number of aliphatic hydroxyl groups excluding tert-OH is 1. The minimum Gasteiger partial charge on any atom is -0.496 e. The minimum atomic E-state index is 0.258. The lowest BCUT2D eigenvalue weighted by molar-refractivity contribution is 0.230. The fourth-order valence-corrected chi connectivity index (χ4v) is 1.60. The summed E-state index contributed by atoms with van der Waals surface area (Å²) in [5.41, 5.74) is 2.49. The van der Waals surface area contributed by atoms with E-state index in [0.29, 0.717) is 5.92 Å². The summed E-state index contributed by atoms with van der Waals surface area (Å²) in [7, 11) is 1.70. The predicted octanol–water partition coefficient (Wildman–Crippen LogP) is 2.56. The van der Waals surface area contributed by atoms with Crippen molar-refractivity contribution in [3.8, 4) is 5.75 Å². The molecular weight excluding hydrogens is 188 g/mol. The number of hydrogen-bond donors (Lipinski definition) is 1. The van der Waals surface area contributed by atoms with E-state index in [1.807, 2.05) is 6.07 Å². The van der Waals surface area contributed by atoms with Crippen LogP contribution in [0.2, 0.25) is 0 Å². The van der Waals surface area contributed by atoms with Crippen LogP contribution in [0.15, 0.2) is 18.2 Å². The molecule has 0 radical (unpaired) electrons. The zero-order valence-electron chi connectivity index (χ0n) is 9.79. The Bertz CT molecular complexity index is 307. The molecule has 2 heteroatoms. The van der Waals surface area contributed by atoms with E-state index in [-0.39, 0.29) is 6.61 Å². The molecule has 1 aromatic rings. The largest absolute Gasteiger partial charge is 0.496 e. The molecule has 0 amide bonds. The Morgan fingerprint density at radius 1 is 1.40 bits per heavy atom. The zero-order valence-corrected chi connectivity index (χ0v) is 9.79. The molecule has 0 saturated heterocycles. The van der Waals surface area contributed by atoms with E-state index in [9.17, 15) is 0 Å². The maximum atomic E-state index is 8.96. The van der Waals surface area contributed by atoms with Gasteiger partial charge < -0.3 is 9.84 Å². The van der Waals surface area contributed by atoms with Crippen molar-refractivity contribution in [2.75, 3.05) is 13.7 Å². The lowest BCUT2D eigenvalue weighted by Gasteiger charge is -2.11. The van der Waals surface area contributed by atoms with E-state index < -0.39 is 0 Å².